The molecule has 5 heteroatoms. The van der Waals surface area contributed by atoms with Crippen LogP contribution in [0.2, 0.25) is 0 Å². The number of nitrogens with zero attached hydrogens (tertiary/aromatic N) is 3. The maximum atomic E-state index is 5.65. The molecule has 4 rings (SSSR count). The molecule has 5 nitrogen and oxygen atoms in total. The minimum atomic E-state index is 0.284. The van der Waals surface area contributed by atoms with Crippen LogP contribution in [-0.2, 0) is 11.2 Å². The summed E-state index contributed by atoms with van der Waals surface area (Å²) in [4.78, 5) is 7.29. The fourth-order valence-corrected chi connectivity index (χ4v) is 3.96. The lowest BCUT2D eigenvalue weighted by atomic mass is 10.1. The van der Waals surface area contributed by atoms with E-state index in [1.54, 1.807) is 0 Å². The van der Waals surface area contributed by atoms with Gasteiger partial charge in [-0.25, -0.2) is 0 Å². The molecule has 2 aliphatic rings. The van der Waals surface area contributed by atoms with E-state index in [4.69, 9.17) is 14.2 Å². The quantitative estimate of drug-likeness (QED) is 0.862. The lowest BCUT2D eigenvalue weighted by Gasteiger charge is -2.33. The van der Waals surface area contributed by atoms with Crippen LogP contribution < -0.4 is 0 Å². The van der Waals surface area contributed by atoms with E-state index in [2.05, 4.69) is 41.2 Å². The molecule has 1 aromatic carbocycles. The highest BCUT2D eigenvalue weighted by Gasteiger charge is 2.35. The number of hydrogen-bond donors (Lipinski definition) is 0. The normalized spacial score (nSPS) is 23.0. The zero-order valence-corrected chi connectivity index (χ0v) is 14.3. The second kappa shape index (κ2) is 7.03. The molecule has 2 aliphatic heterocycles. The Hall–Kier alpha value is -1.72. The van der Waals surface area contributed by atoms with Crippen molar-refractivity contribution in [1.82, 2.24) is 15.0 Å². The van der Waals surface area contributed by atoms with Crippen molar-refractivity contribution in [3.05, 3.63) is 47.1 Å². The van der Waals surface area contributed by atoms with E-state index < -0.39 is 0 Å². The Morgan fingerprint density at radius 3 is 2.83 bits per heavy atom. The first kappa shape index (κ1) is 15.8. The van der Waals surface area contributed by atoms with Crippen LogP contribution in [0.3, 0.4) is 0 Å². The van der Waals surface area contributed by atoms with Gasteiger partial charge in [-0.1, -0.05) is 29.4 Å². The molecule has 2 aromatic rings. The van der Waals surface area contributed by atoms with Gasteiger partial charge in [-0.15, -0.1) is 0 Å². The van der Waals surface area contributed by atoms with Crippen molar-refractivity contribution in [3.63, 3.8) is 0 Å². The summed E-state index contributed by atoms with van der Waals surface area (Å²) in [5.74, 6) is 1.58. The van der Waals surface area contributed by atoms with Crippen molar-refractivity contribution < 1.29 is 9.26 Å². The maximum Gasteiger partial charge on any atom is 0.244 e. The van der Waals surface area contributed by atoms with Gasteiger partial charge in [-0.05, 0) is 50.3 Å². The lowest BCUT2D eigenvalue weighted by Crippen LogP contribution is -2.39. The van der Waals surface area contributed by atoms with Crippen LogP contribution in [0.5, 0.6) is 0 Å². The zero-order valence-electron chi connectivity index (χ0n) is 14.3. The van der Waals surface area contributed by atoms with Gasteiger partial charge in [0.15, 0.2) is 5.82 Å². The average molecular weight is 327 g/mol. The fraction of sp³-hybridized carbons (Fsp3) is 0.579. The summed E-state index contributed by atoms with van der Waals surface area (Å²) >= 11 is 0. The third-order valence-electron chi connectivity index (χ3n) is 5.33. The number of aromatic nitrogens is 2. The third-order valence-corrected chi connectivity index (χ3v) is 5.33. The van der Waals surface area contributed by atoms with Gasteiger partial charge in [0.1, 0.15) is 0 Å². The minimum absolute atomic E-state index is 0.284. The Morgan fingerprint density at radius 2 is 2.00 bits per heavy atom. The molecule has 0 aliphatic carbocycles. The number of rotatable bonds is 4. The van der Waals surface area contributed by atoms with E-state index in [0.29, 0.717) is 6.04 Å². The molecule has 0 saturated carbocycles. The maximum absolute atomic E-state index is 5.65. The van der Waals surface area contributed by atoms with E-state index in [1.807, 2.05) is 0 Å². The Balaban J connectivity index is 1.48. The molecule has 0 amide bonds. The van der Waals surface area contributed by atoms with E-state index >= 15 is 0 Å². The zero-order chi connectivity index (χ0) is 16.4. The molecular weight excluding hydrogens is 302 g/mol. The van der Waals surface area contributed by atoms with Crippen LogP contribution >= 0.6 is 0 Å². The molecule has 0 N–H and O–H groups in total. The summed E-state index contributed by atoms with van der Waals surface area (Å²) < 4.78 is 11.2. The Bertz CT molecular complexity index is 679. The predicted octanol–water partition coefficient (Wildman–Crippen LogP) is 3.28. The standard InChI is InChI=1S/C19H25N3O2/c1-14-5-2-3-6-15(14)13-18-20-19(24-21-18)17-7-4-10-22(17)16-8-11-23-12-9-16/h2-3,5-6,16-17H,4,7-13H2,1H3/t17-/m1/s1. The molecule has 0 unspecified atom stereocenters. The van der Waals surface area contributed by atoms with E-state index in [9.17, 15) is 0 Å². The monoisotopic (exact) mass is 327 g/mol. The number of aryl methyl sites for hydroxylation is 1. The first-order valence-corrected chi connectivity index (χ1v) is 9.02. The number of benzene rings is 1. The summed E-state index contributed by atoms with van der Waals surface area (Å²) in [5, 5.41) is 4.24. The summed E-state index contributed by atoms with van der Waals surface area (Å²) in [6.45, 7) is 5.00. The molecular formula is C19H25N3O2. The van der Waals surface area contributed by atoms with Gasteiger partial charge in [0.2, 0.25) is 5.89 Å². The Kier molecular flexibility index (Phi) is 4.63. The minimum Gasteiger partial charge on any atom is -0.381 e. The molecule has 128 valence electrons. The molecule has 3 heterocycles. The third kappa shape index (κ3) is 3.23. The van der Waals surface area contributed by atoms with Gasteiger partial charge in [0.25, 0.3) is 0 Å². The van der Waals surface area contributed by atoms with Crippen molar-refractivity contribution in [2.45, 2.75) is 51.1 Å². The van der Waals surface area contributed by atoms with Gasteiger partial charge in [0, 0.05) is 25.7 Å². The van der Waals surface area contributed by atoms with Crippen molar-refractivity contribution in [2.24, 2.45) is 0 Å². The molecule has 1 aromatic heterocycles. The SMILES string of the molecule is Cc1ccccc1Cc1noc([C@H]2CCCN2C2CCOCC2)n1. The smallest absolute Gasteiger partial charge is 0.244 e. The average Bonchev–Trinajstić information content (AvgIpc) is 3.27. The molecule has 2 fully saturated rings. The van der Waals surface area contributed by atoms with Crippen LogP contribution in [0.25, 0.3) is 0 Å². The van der Waals surface area contributed by atoms with Crippen molar-refractivity contribution in [1.29, 1.82) is 0 Å². The molecule has 2 saturated heterocycles. The fourth-order valence-electron chi connectivity index (χ4n) is 3.96. The van der Waals surface area contributed by atoms with Crippen LogP contribution in [-0.4, -0.2) is 40.8 Å². The lowest BCUT2D eigenvalue weighted by molar-refractivity contribution is 0.0243. The highest BCUT2D eigenvalue weighted by Crippen LogP contribution is 2.35. The molecule has 1 atom stereocenters. The predicted molar refractivity (Wildman–Crippen MR) is 90.8 cm³/mol. The molecule has 0 radical (unpaired) electrons. The summed E-state index contributed by atoms with van der Waals surface area (Å²) in [7, 11) is 0. The molecule has 0 spiro atoms. The summed E-state index contributed by atoms with van der Waals surface area (Å²) in [6.07, 6.45) is 5.28. The Morgan fingerprint density at radius 1 is 1.17 bits per heavy atom. The van der Waals surface area contributed by atoms with Gasteiger partial charge >= 0.3 is 0 Å². The van der Waals surface area contributed by atoms with Crippen LogP contribution in [0.15, 0.2) is 28.8 Å². The molecule has 0 bridgehead atoms. The summed E-state index contributed by atoms with van der Waals surface area (Å²) in [6, 6.07) is 9.26. The largest absolute Gasteiger partial charge is 0.381 e. The van der Waals surface area contributed by atoms with Crippen LogP contribution in [0.4, 0.5) is 0 Å². The van der Waals surface area contributed by atoms with E-state index in [0.717, 1.165) is 57.2 Å². The van der Waals surface area contributed by atoms with Crippen molar-refractivity contribution in [3.8, 4) is 0 Å². The topological polar surface area (TPSA) is 51.4 Å². The Labute approximate surface area is 143 Å². The molecule has 24 heavy (non-hydrogen) atoms. The second-order valence-corrected chi connectivity index (χ2v) is 6.89. The van der Waals surface area contributed by atoms with E-state index in [-0.39, 0.29) is 6.04 Å². The van der Waals surface area contributed by atoms with E-state index in [1.165, 1.54) is 17.5 Å². The number of ether oxygens (including phenoxy) is 1. The van der Waals surface area contributed by atoms with Crippen molar-refractivity contribution in [2.75, 3.05) is 19.8 Å². The highest BCUT2D eigenvalue weighted by atomic mass is 16.5. The van der Waals surface area contributed by atoms with Crippen LogP contribution in [0, 0.1) is 6.92 Å². The van der Waals surface area contributed by atoms with Gasteiger partial charge in [-0.2, -0.15) is 4.98 Å². The van der Waals surface area contributed by atoms with Crippen LogP contribution in [0.1, 0.15) is 54.6 Å². The second-order valence-electron chi connectivity index (χ2n) is 6.89. The summed E-state index contributed by atoms with van der Waals surface area (Å²) in [5.41, 5.74) is 2.53. The van der Waals surface area contributed by atoms with Gasteiger partial charge in [-0.3, -0.25) is 4.90 Å². The number of hydrogen-bond acceptors (Lipinski definition) is 5. The first-order valence-electron chi connectivity index (χ1n) is 9.02. The highest BCUT2D eigenvalue weighted by molar-refractivity contribution is 5.28. The van der Waals surface area contributed by atoms with Gasteiger partial charge < -0.3 is 9.26 Å². The van der Waals surface area contributed by atoms with Gasteiger partial charge in [0.05, 0.1) is 6.04 Å². The first-order chi connectivity index (χ1) is 11.8. The van der Waals surface area contributed by atoms with Crippen molar-refractivity contribution >= 4 is 0 Å². The number of likely N-dealkylation sites (tertiary alicyclic amines) is 1.